The molecular formula is C6H4INO. The lowest BCUT2D eigenvalue weighted by atomic mass is 10.2. The number of carbonyl (C=O) groups excluding carboxylic acids is 1. The molecule has 0 atom stereocenters. The smallest absolute Gasteiger partial charge is 0.267 e. The van der Waals surface area contributed by atoms with E-state index in [-0.39, 0.29) is 5.91 Å². The highest BCUT2D eigenvalue weighted by Crippen LogP contribution is 2.12. The van der Waals surface area contributed by atoms with Crippen LogP contribution in [0.2, 0.25) is 0 Å². The summed E-state index contributed by atoms with van der Waals surface area (Å²) in [4.78, 5) is 14.1. The third-order valence-electron chi connectivity index (χ3n) is 0.892. The molecule has 1 heterocycles. The highest BCUT2D eigenvalue weighted by atomic mass is 127. The van der Waals surface area contributed by atoms with Crippen LogP contribution in [0.3, 0.4) is 0 Å². The molecule has 46 valence electrons. The minimum Gasteiger partial charge on any atom is -0.267 e. The van der Waals surface area contributed by atoms with Crippen molar-refractivity contribution in [2.45, 2.75) is 0 Å². The summed E-state index contributed by atoms with van der Waals surface area (Å²) in [6, 6.07) is 0. The Morgan fingerprint density at radius 1 is 1.67 bits per heavy atom. The summed E-state index contributed by atoms with van der Waals surface area (Å²) < 4.78 is 0.942. The third-order valence-corrected chi connectivity index (χ3v) is 1.48. The van der Waals surface area contributed by atoms with Crippen LogP contribution in [-0.4, -0.2) is 12.1 Å². The van der Waals surface area contributed by atoms with Gasteiger partial charge in [-0.1, -0.05) is 6.58 Å². The fraction of sp³-hybridized carbons (Fsp3) is 0. The second-order valence-corrected chi connectivity index (χ2v) is 2.86. The maximum atomic E-state index is 10.6. The molecule has 9 heavy (non-hydrogen) atoms. The summed E-state index contributed by atoms with van der Waals surface area (Å²) in [6.45, 7) is 3.50. The minimum atomic E-state index is -0.240. The van der Waals surface area contributed by atoms with Crippen LogP contribution in [0.5, 0.6) is 0 Å². The summed E-state index contributed by atoms with van der Waals surface area (Å²) >= 11 is 2.08. The Hall–Kier alpha value is -0.450. The Morgan fingerprint density at radius 2 is 2.33 bits per heavy atom. The number of nitrogens with zero attached hydrogens (tertiary/aromatic N) is 1. The van der Waals surface area contributed by atoms with E-state index in [1.54, 1.807) is 6.08 Å². The zero-order valence-corrected chi connectivity index (χ0v) is 6.75. The van der Waals surface area contributed by atoms with Crippen molar-refractivity contribution in [3.63, 3.8) is 0 Å². The van der Waals surface area contributed by atoms with Crippen molar-refractivity contribution < 1.29 is 4.79 Å². The molecule has 0 aromatic carbocycles. The maximum Gasteiger partial charge on any atom is 0.276 e. The van der Waals surface area contributed by atoms with Gasteiger partial charge in [-0.25, -0.2) is 4.99 Å². The molecule has 1 aliphatic rings. The Labute approximate surface area is 66.5 Å². The van der Waals surface area contributed by atoms with Gasteiger partial charge in [-0.3, -0.25) is 4.79 Å². The molecule has 0 saturated heterocycles. The average Bonchev–Trinajstić information content (AvgIpc) is 1.80. The first-order chi connectivity index (χ1) is 4.20. The van der Waals surface area contributed by atoms with Gasteiger partial charge in [0.1, 0.15) is 0 Å². The molecule has 0 unspecified atom stereocenters. The number of aliphatic imine (C=N–C) groups is 1. The van der Waals surface area contributed by atoms with Crippen molar-refractivity contribution >= 4 is 34.7 Å². The summed E-state index contributed by atoms with van der Waals surface area (Å²) in [5.41, 5.74) is 0.460. The Bertz CT molecular complexity index is 227. The van der Waals surface area contributed by atoms with Crippen molar-refractivity contribution in [3.8, 4) is 0 Å². The van der Waals surface area contributed by atoms with Gasteiger partial charge < -0.3 is 0 Å². The second kappa shape index (κ2) is 2.43. The first-order valence-electron chi connectivity index (χ1n) is 2.34. The van der Waals surface area contributed by atoms with Crippen LogP contribution in [0, 0.1) is 0 Å². The van der Waals surface area contributed by atoms with Crippen molar-refractivity contribution in [1.82, 2.24) is 0 Å². The number of allylic oxidation sites excluding steroid dienone is 1. The Balaban J connectivity index is 2.95. The molecule has 1 amide bonds. The van der Waals surface area contributed by atoms with Gasteiger partial charge in [-0.05, 0) is 28.7 Å². The molecule has 1 rings (SSSR count). The predicted octanol–water partition coefficient (Wildman–Crippen LogP) is 1.47. The van der Waals surface area contributed by atoms with Crippen LogP contribution >= 0.6 is 22.6 Å². The van der Waals surface area contributed by atoms with Gasteiger partial charge in [0.15, 0.2) is 0 Å². The van der Waals surface area contributed by atoms with Gasteiger partial charge in [-0.15, -0.1) is 0 Å². The zero-order valence-electron chi connectivity index (χ0n) is 4.60. The van der Waals surface area contributed by atoms with Crippen LogP contribution in [-0.2, 0) is 4.79 Å². The second-order valence-electron chi connectivity index (χ2n) is 1.62. The lowest BCUT2D eigenvalue weighted by molar-refractivity contribution is -0.114. The third kappa shape index (κ3) is 1.48. The van der Waals surface area contributed by atoms with E-state index in [0.717, 1.165) is 3.58 Å². The Kier molecular flexibility index (Phi) is 1.80. The van der Waals surface area contributed by atoms with E-state index in [2.05, 4.69) is 34.2 Å². The highest BCUT2D eigenvalue weighted by molar-refractivity contribution is 14.1. The number of carbonyl (C=O) groups is 1. The normalized spacial score (nSPS) is 18.1. The fourth-order valence-electron chi connectivity index (χ4n) is 0.469. The van der Waals surface area contributed by atoms with Crippen LogP contribution < -0.4 is 0 Å². The van der Waals surface area contributed by atoms with Crippen LogP contribution in [0.4, 0.5) is 0 Å². The van der Waals surface area contributed by atoms with Gasteiger partial charge in [0, 0.05) is 15.4 Å². The number of hydrogen-bond acceptors (Lipinski definition) is 1. The lowest BCUT2D eigenvalue weighted by Gasteiger charge is -1.98. The molecule has 0 aromatic rings. The van der Waals surface area contributed by atoms with E-state index in [4.69, 9.17) is 0 Å². The van der Waals surface area contributed by atoms with Crippen molar-refractivity contribution in [1.29, 1.82) is 0 Å². The molecule has 0 aromatic heterocycles. The van der Waals surface area contributed by atoms with E-state index in [0.29, 0.717) is 5.57 Å². The van der Waals surface area contributed by atoms with Crippen molar-refractivity contribution in [2.75, 3.05) is 0 Å². The molecule has 1 aliphatic heterocycles. The molecule has 3 heteroatoms. The molecule has 0 N–H and O–H groups in total. The number of dihydropyridines is 1. The van der Waals surface area contributed by atoms with E-state index < -0.39 is 0 Å². The largest absolute Gasteiger partial charge is 0.276 e. The fourth-order valence-corrected chi connectivity index (χ4v) is 0.984. The van der Waals surface area contributed by atoms with Crippen LogP contribution in [0.15, 0.2) is 26.8 Å². The molecule has 0 radical (unpaired) electrons. The SMILES string of the molecule is C=C1C=C(I)C=NC1=O. The van der Waals surface area contributed by atoms with Crippen molar-refractivity contribution in [2.24, 2.45) is 4.99 Å². The van der Waals surface area contributed by atoms with E-state index in [1.807, 2.05) is 0 Å². The molecule has 0 aliphatic carbocycles. The number of hydrogen-bond donors (Lipinski definition) is 0. The zero-order chi connectivity index (χ0) is 6.85. The molecule has 0 fully saturated rings. The summed E-state index contributed by atoms with van der Waals surface area (Å²) in [7, 11) is 0. The van der Waals surface area contributed by atoms with Crippen molar-refractivity contribution in [3.05, 3.63) is 21.8 Å². The summed E-state index contributed by atoms with van der Waals surface area (Å²) in [5, 5.41) is 0. The molecular weight excluding hydrogens is 229 g/mol. The number of halogens is 1. The van der Waals surface area contributed by atoms with Gasteiger partial charge in [-0.2, -0.15) is 0 Å². The van der Waals surface area contributed by atoms with Crippen LogP contribution in [0.1, 0.15) is 0 Å². The number of amides is 1. The molecule has 0 spiro atoms. The summed E-state index contributed by atoms with van der Waals surface area (Å²) in [6.07, 6.45) is 3.23. The van der Waals surface area contributed by atoms with Gasteiger partial charge in [0.05, 0.1) is 0 Å². The molecule has 0 bridgehead atoms. The highest BCUT2D eigenvalue weighted by Gasteiger charge is 2.05. The van der Waals surface area contributed by atoms with Crippen LogP contribution in [0.25, 0.3) is 0 Å². The molecule has 2 nitrogen and oxygen atoms in total. The Morgan fingerprint density at radius 3 is 2.78 bits per heavy atom. The number of rotatable bonds is 0. The monoisotopic (exact) mass is 233 g/mol. The maximum absolute atomic E-state index is 10.6. The van der Waals surface area contributed by atoms with E-state index >= 15 is 0 Å². The van der Waals surface area contributed by atoms with E-state index in [1.165, 1.54) is 6.21 Å². The molecule has 0 saturated carbocycles. The first kappa shape index (κ1) is 6.67. The first-order valence-corrected chi connectivity index (χ1v) is 3.42. The standard InChI is InChI=1S/C6H4INO/c1-4-2-5(7)3-8-6(4)9/h2-3H,1H2. The predicted molar refractivity (Wildman–Crippen MR) is 44.7 cm³/mol. The quantitative estimate of drug-likeness (QED) is 0.460. The minimum absolute atomic E-state index is 0.240. The van der Waals surface area contributed by atoms with Gasteiger partial charge in [0.2, 0.25) is 0 Å². The van der Waals surface area contributed by atoms with Gasteiger partial charge in [0.25, 0.3) is 5.91 Å². The summed E-state index contributed by atoms with van der Waals surface area (Å²) in [5.74, 6) is -0.240. The topological polar surface area (TPSA) is 29.4 Å². The van der Waals surface area contributed by atoms with E-state index in [9.17, 15) is 4.79 Å². The average molecular weight is 233 g/mol. The van der Waals surface area contributed by atoms with Gasteiger partial charge >= 0.3 is 0 Å². The lowest BCUT2D eigenvalue weighted by Crippen LogP contribution is -2.00.